The number of benzene rings is 2. The molecule has 0 radical (unpaired) electrons. The molecule has 1 saturated carbocycles. The molecule has 1 saturated heterocycles. The number of piperazine rings is 1. The molecule has 2 fully saturated rings. The summed E-state index contributed by atoms with van der Waals surface area (Å²) in [7, 11) is 0. The third-order valence-electron chi connectivity index (χ3n) is 7.40. The number of carbonyl (C=O) groups is 1. The molecule has 2 atom stereocenters. The Morgan fingerprint density at radius 2 is 1.60 bits per heavy atom. The van der Waals surface area contributed by atoms with Gasteiger partial charge in [-0.3, -0.25) is 20.1 Å². The molecule has 2 aromatic rings. The van der Waals surface area contributed by atoms with Gasteiger partial charge in [-0.1, -0.05) is 66.7 Å². The molecule has 0 aromatic heterocycles. The van der Waals surface area contributed by atoms with E-state index in [4.69, 9.17) is 39.9 Å². The van der Waals surface area contributed by atoms with Crippen molar-refractivity contribution < 1.29 is 4.79 Å². The number of rotatable bonds is 5. The number of hydrogen-bond donors (Lipinski definition) is 1. The second-order valence-electron chi connectivity index (χ2n) is 9.61. The molecule has 1 amide bonds. The summed E-state index contributed by atoms with van der Waals surface area (Å²) in [6.07, 6.45) is 5.27. The zero-order valence-corrected chi connectivity index (χ0v) is 22.0. The summed E-state index contributed by atoms with van der Waals surface area (Å²) in [5, 5.41) is 10.3. The predicted molar refractivity (Wildman–Crippen MR) is 143 cm³/mol. The smallest absolute Gasteiger partial charge is 0.282 e. The van der Waals surface area contributed by atoms with Crippen molar-refractivity contribution in [2.24, 2.45) is 11.0 Å². The molecule has 0 unspecified atom stereocenters. The maximum Gasteiger partial charge on any atom is 0.282 e. The van der Waals surface area contributed by atoms with E-state index in [1.54, 1.807) is 12.1 Å². The predicted octanol–water partition coefficient (Wildman–Crippen LogP) is 5.79. The molecule has 0 bridgehead atoms. The third kappa shape index (κ3) is 5.32. The topological polar surface area (TPSA) is 51.2 Å². The Morgan fingerprint density at radius 1 is 0.943 bits per heavy atom. The summed E-state index contributed by atoms with van der Waals surface area (Å²) in [5.41, 5.74) is 5.30. The van der Waals surface area contributed by atoms with Gasteiger partial charge in [-0.15, -0.1) is 0 Å². The summed E-state index contributed by atoms with van der Waals surface area (Å²) in [4.78, 5) is 16.0. The highest BCUT2D eigenvalue weighted by molar-refractivity contribution is 6.41. The van der Waals surface area contributed by atoms with Gasteiger partial charge in [0.25, 0.3) is 5.91 Å². The van der Waals surface area contributed by atoms with Gasteiger partial charge in [0.2, 0.25) is 0 Å². The van der Waals surface area contributed by atoms with Crippen LogP contribution in [0, 0.1) is 5.92 Å². The zero-order chi connectivity index (χ0) is 24.5. The third-order valence-corrected chi connectivity index (χ3v) is 8.19. The first-order chi connectivity index (χ1) is 16.9. The lowest BCUT2D eigenvalue weighted by molar-refractivity contribution is -0.120. The molecule has 2 aliphatic heterocycles. The number of hydrazine groups is 1. The lowest BCUT2D eigenvalue weighted by Gasteiger charge is -2.38. The molecule has 2 heterocycles. The quantitative estimate of drug-likeness (QED) is 0.527. The second kappa shape index (κ2) is 10.7. The number of hydrazone groups is 1. The molecule has 5 rings (SSSR count). The van der Waals surface area contributed by atoms with Crippen LogP contribution in [0.1, 0.15) is 44.2 Å². The van der Waals surface area contributed by atoms with E-state index in [0.29, 0.717) is 32.5 Å². The van der Waals surface area contributed by atoms with Gasteiger partial charge in [0.1, 0.15) is 5.71 Å². The molecule has 9 heteroatoms. The van der Waals surface area contributed by atoms with Crippen molar-refractivity contribution in [3.8, 4) is 0 Å². The molecule has 186 valence electrons. The van der Waals surface area contributed by atoms with Crippen molar-refractivity contribution in [2.75, 3.05) is 31.2 Å². The second-order valence-corrected chi connectivity index (χ2v) is 10.9. The monoisotopic (exact) mass is 533 g/mol. The number of nitrogens with one attached hydrogen (secondary N) is 1. The highest BCUT2D eigenvalue weighted by Gasteiger charge is 2.40. The maximum absolute atomic E-state index is 13.4. The molecular weight excluding hydrogens is 505 g/mol. The molecule has 0 spiro atoms. The number of amides is 1. The fourth-order valence-electron chi connectivity index (χ4n) is 5.51. The summed E-state index contributed by atoms with van der Waals surface area (Å²) in [5.74, 6) is -0.332. The lowest BCUT2D eigenvalue weighted by atomic mass is 9.91. The van der Waals surface area contributed by atoms with E-state index in [0.717, 1.165) is 31.7 Å². The minimum atomic E-state index is -0.203. The van der Waals surface area contributed by atoms with Gasteiger partial charge in [-0.05, 0) is 48.7 Å². The summed E-state index contributed by atoms with van der Waals surface area (Å²) >= 11 is 18.8. The number of anilines is 1. The normalized spacial score (nSPS) is 24.1. The number of carbonyl (C=O) groups excluding carboxylic acids is 1. The van der Waals surface area contributed by atoms with Crippen LogP contribution in [-0.4, -0.2) is 53.7 Å². The number of nitrogens with zero attached hydrogens (tertiary/aromatic N) is 4. The highest BCUT2D eigenvalue weighted by Crippen LogP contribution is 2.42. The van der Waals surface area contributed by atoms with Gasteiger partial charge in [0, 0.05) is 48.2 Å². The van der Waals surface area contributed by atoms with E-state index < -0.39 is 0 Å². The van der Waals surface area contributed by atoms with E-state index >= 15 is 0 Å². The standard InChI is InChI=1S/C26H30Cl3N5O/c1-17-24(26(35)31-33-14-12-32(13-15-33)21-4-2-3-5-21)30-34(23-11-10-20(28)16-22(23)29)25(17)18-6-8-19(27)9-7-18/h6-11,16-17,21,25H,2-5,12-15H2,1H3,(H,31,35)/t17-,25+/m1/s1. The van der Waals surface area contributed by atoms with Crippen molar-refractivity contribution in [1.82, 2.24) is 15.3 Å². The summed E-state index contributed by atoms with van der Waals surface area (Å²) in [6, 6.07) is 13.5. The highest BCUT2D eigenvalue weighted by atomic mass is 35.5. The molecule has 35 heavy (non-hydrogen) atoms. The van der Waals surface area contributed by atoms with Crippen LogP contribution in [0.4, 0.5) is 5.69 Å². The molecule has 1 aliphatic carbocycles. The summed E-state index contributed by atoms with van der Waals surface area (Å²) in [6.45, 7) is 5.62. The Hall–Kier alpha value is -1.83. The van der Waals surface area contributed by atoms with Crippen LogP contribution >= 0.6 is 34.8 Å². The molecular formula is C26H30Cl3N5O. The van der Waals surface area contributed by atoms with Gasteiger partial charge in [-0.2, -0.15) is 5.10 Å². The number of halogens is 3. The molecule has 2 aromatic carbocycles. The van der Waals surface area contributed by atoms with E-state index in [2.05, 4.69) is 10.3 Å². The molecule has 3 aliphatic rings. The lowest BCUT2D eigenvalue weighted by Crippen LogP contribution is -2.56. The van der Waals surface area contributed by atoms with Gasteiger partial charge in [-0.25, -0.2) is 5.01 Å². The van der Waals surface area contributed by atoms with Crippen molar-refractivity contribution >= 4 is 52.1 Å². The van der Waals surface area contributed by atoms with E-state index in [-0.39, 0.29) is 17.9 Å². The van der Waals surface area contributed by atoms with Crippen molar-refractivity contribution in [1.29, 1.82) is 0 Å². The Kier molecular flexibility index (Phi) is 7.56. The van der Waals surface area contributed by atoms with Crippen LogP contribution in [0.2, 0.25) is 15.1 Å². The maximum atomic E-state index is 13.4. The van der Waals surface area contributed by atoms with Gasteiger partial charge >= 0.3 is 0 Å². The Bertz CT molecular complexity index is 1090. The first-order valence-corrected chi connectivity index (χ1v) is 13.4. The zero-order valence-electron chi connectivity index (χ0n) is 19.8. The van der Waals surface area contributed by atoms with Crippen molar-refractivity contribution in [3.05, 3.63) is 63.1 Å². The van der Waals surface area contributed by atoms with Gasteiger partial charge in [0.15, 0.2) is 0 Å². The minimum absolute atomic E-state index is 0.164. The van der Waals surface area contributed by atoms with Crippen LogP contribution in [0.25, 0.3) is 0 Å². The van der Waals surface area contributed by atoms with Crippen molar-refractivity contribution in [2.45, 2.75) is 44.7 Å². The van der Waals surface area contributed by atoms with Crippen LogP contribution in [0.15, 0.2) is 47.6 Å². The average molecular weight is 535 g/mol. The van der Waals surface area contributed by atoms with Gasteiger partial charge < -0.3 is 0 Å². The SMILES string of the molecule is C[C@@H]1C(C(=O)NN2CCN(C3CCCC3)CC2)=NN(c2ccc(Cl)cc2Cl)[C@@H]1c1ccc(Cl)cc1. The number of hydrogen-bond acceptors (Lipinski definition) is 5. The fraction of sp³-hybridized carbons (Fsp3) is 0.462. The first kappa shape index (κ1) is 24.8. The Balaban J connectivity index is 1.34. The largest absolute Gasteiger partial charge is 0.298 e. The van der Waals surface area contributed by atoms with E-state index in [1.807, 2.05) is 47.3 Å². The van der Waals surface area contributed by atoms with Gasteiger partial charge in [0.05, 0.1) is 16.8 Å². The van der Waals surface area contributed by atoms with E-state index in [9.17, 15) is 4.79 Å². The average Bonchev–Trinajstić information content (AvgIpc) is 3.49. The molecule has 1 N–H and O–H groups in total. The van der Waals surface area contributed by atoms with Crippen LogP contribution in [-0.2, 0) is 4.79 Å². The Labute approximate surface area is 221 Å². The summed E-state index contributed by atoms with van der Waals surface area (Å²) < 4.78 is 0. The van der Waals surface area contributed by atoms with E-state index in [1.165, 1.54) is 25.7 Å². The Morgan fingerprint density at radius 3 is 2.26 bits per heavy atom. The minimum Gasteiger partial charge on any atom is -0.298 e. The first-order valence-electron chi connectivity index (χ1n) is 12.3. The van der Waals surface area contributed by atoms with Crippen LogP contribution in [0.3, 0.4) is 0 Å². The molecule has 6 nitrogen and oxygen atoms in total. The van der Waals surface area contributed by atoms with Crippen molar-refractivity contribution in [3.63, 3.8) is 0 Å². The van der Waals surface area contributed by atoms with Crippen LogP contribution in [0.5, 0.6) is 0 Å². The van der Waals surface area contributed by atoms with Crippen LogP contribution < -0.4 is 10.4 Å². The fourth-order valence-corrected chi connectivity index (χ4v) is 6.13.